The minimum Gasteiger partial charge on any atom is -0.489 e. The minimum atomic E-state index is -0.0161. The number of aromatic nitrogens is 3. The van der Waals surface area contributed by atoms with E-state index in [0.717, 1.165) is 44.7 Å². The maximum absolute atomic E-state index is 12.5. The lowest BCUT2D eigenvalue weighted by Crippen LogP contribution is -2.43. The first kappa shape index (κ1) is 16.9. The summed E-state index contributed by atoms with van der Waals surface area (Å²) in [5, 5.41) is 0. The highest BCUT2D eigenvalue weighted by Gasteiger charge is 2.43. The van der Waals surface area contributed by atoms with Gasteiger partial charge in [-0.1, -0.05) is 0 Å². The summed E-state index contributed by atoms with van der Waals surface area (Å²) in [5.74, 6) is 0.750. The maximum atomic E-state index is 12.5. The third-order valence-corrected chi connectivity index (χ3v) is 5.27. The molecule has 1 unspecified atom stereocenters. The smallest absolute Gasteiger partial charge is 0.272 e. The van der Waals surface area contributed by atoms with Crippen molar-refractivity contribution in [3.05, 3.63) is 48.8 Å². The standard InChI is InChI=1S/C19H22N4O3/c24-18(17-3-7-21-14-22-17)23-8-4-19(5-9-23)10-16(26-13-19)12-25-15-2-1-6-20-11-15/h1-3,6-7,11,14,16H,4-5,8-10,12-13H2. The van der Waals surface area contributed by atoms with Crippen molar-refractivity contribution >= 4 is 5.91 Å². The topological polar surface area (TPSA) is 77.4 Å². The lowest BCUT2D eigenvalue weighted by molar-refractivity contribution is 0.0424. The fourth-order valence-corrected chi connectivity index (χ4v) is 3.74. The van der Waals surface area contributed by atoms with Gasteiger partial charge < -0.3 is 14.4 Å². The van der Waals surface area contributed by atoms with Gasteiger partial charge in [-0.3, -0.25) is 9.78 Å². The Balaban J connectivity index is 1.28. The molecule has 2 aliphatic rings. The molecule has 2 aromatic heterocycles. The van der Waals surface area contributed by atoms with Crippen molar-refractivity contribution in [3.63, 3.8) is 0 Å². The molecule has 2 aliphatic heterocycles. The lowest BCUT2D eigenvalue weighted by Gasteiger charge is -2.38. The average Bonchev–Trinajstić information content (AvgIpc) is 3.10. The summed E-state index contributed by atoms with van der Waals surface area (Å²) in [5.41, 5.74) is 0.618. The molecular weight excluding hydrogens is 332 g/mol. The van der Waals surface area contributed by atoms with Gasteiger partial charge in [0.2, 0.25) is 0 Å². The molecule has 1 spiro atoms. The maximum Gasteiger partial charge on any atom is 0.272 e. The summed E-state index contributed by atoms with van der Waals surface area (Å²) in [7, 11) is 0. The largest absolute Gasteiger partial charge is 0.489 e. The zero-order chi connectivity index (χ0) is 17.8. The number of carbonyl (C=O) groups excluding carboxylic acids is 1. The second kappa shape index (κ2) is 7.37. The van der Waals surface area contributed by atoms with Crippen LogP contribution in [0.4, 0.5) is 0 Å². The van der Waals surface area contributed by atoms with Crippen LogP contribution < -0.4 is 4.74 Å². The zero-order valence-corrected chi connectivity index (χ0v) is 14.6. The number of carbonyl (C=O) groups is 1. The Morgan fingerprint density at radius 1 is 1.27 bits per heavy atom. The van der Waals surface area contributed by atoms with E-state index in [1.54, 1.807) is 24.7 Å². The van der Waals surface area contributed by atoms with Gasteiger partial charge in [0.1, 0.15) is 24.4 Å². The molecule has 136 valence electrons. The van der Waals surface area contributed by atoms with Gasteiger partial charge >= 0.3 is 0 Å². The number of nitrogens with zero attached hydrogens (tertiary/aromatic N) is 4. The Kier molecular flexibility index (Phi) is 4.79. The normalized spacial score (nSPS) is 21.7. The fourth-order valence-electron chi connectivity index (χ4n) is 3.74. The van der Waals surface area contributed by atoms with Crippen molar-refractivity contribution in [1.29, 1.82) is 0 Å². The molecule has 1 atom stereocenters. The Bertz CT molecular complexity index is 733. The Morgan fingerprint density at radius 2 is 2.15 bits per heavy atom. The average molecular weight is 354 g/mol. The van der Waals surface area contributed by atoms with Crippen molar-refractivity contribution < 1.29 is 14.3 Å². The second-order valence-electron chi connectivity index (χ2n) is 7.02. The van der Waals surface area contributed by atoms with Gasteiger partial charge in [0.05, 0.1) is 18.9 Å². The molecule has 0 saturated carbocycles. The summed E-state index contributed by atoms with van der Waals surface area (Å²) in [6.07, 6.45) is 9.43. The molecule has 0 radical (unpaired) electrons. The first-order valence-corrected chi connectivity index (χ1v) is 8.94. The van der Waals surface area contributed by atoms with Crippen LogP contribution in [0.2, 0.25) is 0 Å². The van der Waals surface area contributed by atoms with Gasteiger partial charge in [-0.25, -0.2) is 9.97 Å². The first-order valence-electron chi connectivity index (χ1n) is 8.94. The number of hydrogen-bond acceptors (Lipinski definition) is 6. The van der Waals surface area contributed by atoms with E-state index in [-0.39, 0.29) is 17.4 Å². The predicted octanol–water partition coefficient (Wildman–Crippen LogP) is 1.96. The Morgan fingerprint density at radius 3 is 2.88 bits per heavy atom. The first-order chi connectivity index (χ1) is 12.7. The van der Waals surface area contributed by atoms with Crippen LogP contribution in [0.1, 0.15) is 29.8 Å². The van der Waals surface area contributed by atoms with Crippen molar-refractivity contribution in [2.24, 2.45) is 5.41 Å². The molecule has 7 nitrogen and oxygen atoms in total. The third kappa shape index (κ3) is 3.67. The van der Waals surface area contributed by atoms with Crippen LogP contribution in [0.5, 0.6) is 5.75 Å². The number of piperidine rings is 1. The monoisotopic (exact) mass is 354 g/mol. The van der Waals surface area contributed by atoms with Crippen molar-refractivity contribution in [2.75, 3.05) is 26.3 Å². The quantitative estimate of drug-likeness (QED) is 0.835. The van der Waals surface area contributed by atoms with E-state index in [9.17, 15) is 4.79 Å². The van der Waals surface area contributed by atoms with Crippen LogP contribution in [0.25, 0.3) is 0 Å². The summed E-state index contributed by atoms with van der Waals surface area (Å²) in [6.45, 7) is 2.76. The van der Waals surface area contributed by atoms with Gasteiger partial charge in [0.15, 0.2) is 0 Å². The zero-order valence-electron chi connectivity index (χ0n) is 14.6. The summed E-state index contributed by atoms with van der Waals surface area (Å²) >= 11 is 0. The van der Waals surface area contributed by atoms with Gasteiger partial charge in [-0.15, -0.1) is 0 Å². The van der Waals surface area contributed by atoms with Crippen LogP contribution in [-0.2, 0) is 4.74 Å². The Hall–Kier alpha value is -2.54. The molecule has 1 amide bonds. The Labute approximate surface area is 152 Å². The summed E-state index contributed by atoms with van der Waals surface area (Å²) in [4.78, 5) is 26.4. The molecule has 0 bridgehead atoms. The molecule has 2 saturated heterocycles. The molecule has 2 fully saturated rings. The van der Waals surface area contributed by atoms with E-state index in [2.05, 4.69) is 15.0 Å². The van der Waals surface area contributed by atoms with Crippen LogP contribution in [-0.4, -0.2) is 58.2 Å². The number of likely N-dealkylation sites (tertiary alicyclic amines) is 1. The van der Waals surface area contributed by atoms with Crippen LogP contribution in [0.3, 0.4) is 0 Å². The van der Waals surface area contributed by atoms with E-state index >= 15 is 0 Å². The number of ether oxygens (including phenoxy) is 2. The van der Waals surface area contributed by atoms with Crippen molar-refractivity contribution in [3.8, 4) is 5.75 Å². The lowest BCUT2D eigenvalue weighted by atomic mass is 9.76. The predicted molar refractivity (Wildman–Crippen MR) is 93.7 cm³/mol. The highest BCUT2D eigenvalue weighted by Crippen LogP contribution is 2.42. The molecule has 7 heteroatoms. The van der Waals surface area contributed by atoms with Gasteiger partial charge in [0.25, 0.3) is 5.91 Å². The van der Waals surface area contributed by atoms with Gasteiger partial charge in [-0.2, -0.15) is 0 Å². The number of hydrogen-bond donors (Lipinski definition) is 0. The molecular formula is C19H22N4O3. The molecule has 4 heterocycles. The SMILES string of the molecule is O=C(c1ccncn1)N1CCC2(CC1)COC(COc1cccnc1)C2. The molecule has 2 aromatic rings. The van der Waals surface area contributed by atoms with Crippen molar-refractivity contribution in [2.45, 2.75) is 25.4 Å². The van der Waals surface area contributed by atoms with Crippen LogP contribution >= 0.6 is 0 Å². The summed E-state index contributed by atoms with van der Waals surface area (Å²) in [6, 6.07) is 5.42. The number of pyridine rings is 1. The molecule has 26 heavy (non-hydrogen) atoms. The number of rotatable bonds is 4. The highest BCUT2D eigenvalue weighted by atomic mass is 16.5. The third-order valence-electron chi connectivity index (χ3n) is 5.27. The van der Waals surface area contributed by atoms with E-state index in [4.69, 9.17) is 9.47 Å². The van der Waals surface area contributed by atoms with Gasteiger partial charge in [-0.05, 0) is 42.9 Å². The van der Waals surface area contributed by atoms with E-state index in [1.807, 2.05) is 17.0 Å². The fraction of sp³-hybridized carbons (Fsp3) is 0.474. The van der Waals surface area contributed by atoms with E-state index in [0.29, 0.717) is 12.3 Å². The van der Waals surface area contributed by atoms with E-state index in [1.165, 1.54) is 6.33 Å². The highest BCUT2D eigenvalue weighted by molar-refractivity contribution is 5.92. The summed E-state index contributed by atoms with van der Waals surface area (Å²) < 4.78 is 11.8. The van der Waals surface area contributed by atoms with Crippen molar-refractivity contribution in [1.82, 2.24) is 19.9 Å². The molecule has 0 aromatic carbocycles. The van der Waals surface area contributed by atoms with Crippen LogP contribution in [0.15, 0.2) is 43.1 Å². The van der Waals surface area contributed by atoms with Gasteiger partial charge in [0, 0.05) is 25.5 Å². The van der Waals surface area contributed by atoms with E-state index < -0.39 is 0 Å². The molecule has 4 rings (SSSR count). The van der Waals surface area contributed by atoms with Crippen LogP contribution in [0, 0.1) is 5.41 Å². The molecule has 0 N–H and O–H groups in total. The molecule has 0 aliphatic carbocycles. The number of amides is 1. The minimum absolute atomic E-state index is 0.0161. The second-order valence-corrected chi connectivity index (χ2v) is 7.02.